The molecule has 7 nitrogen and oxygen atoms in total. The molecule has 0 aliphatic heterocycles. The molecule has 19 heavy (non-hydrogen) atoms. The average molecular weight is 267 g/mol. The number of aromatic nitrogens is 2. The molecule has 1 atom stereocenters. The van der Waals surface area contributed by atoms with E-state index >= 15 is 0 Å². The maximum atomic E-state index is 11.7. The van der Waals surface area contributed by atoms with Gasteiger partial charge >= 0.3 is 5.97 Å². The minimum absolute atomic E-state index is 0.0944. The zero-order valence-corrected chi connectivity index (χ0v) is 11.2. The van der Waals surface area contributed by atoms with Crippen LogP contribution in [0.4, 0.5) is 0 Å². The highest BCUT2D eigenvalue weighted by molar-refractivity contribution is 5.83. The maximum Gasteiger partial charge on any atom is 0.326 e. The number of carbonyl (C=O) groups is 2. The predicted molar refractivity (Wildman–Crippen MR) is 66.7 cm³/mol. The van der Waals surface area contributed by atoms with Crippen LogP contribution < -0.4 is 4.74 Å². The number of aliphatic carboxylic acids is 1. The number of amides is 1. The first-order valence-corrected chi connectivity index (χ1v) is 5.81. The van der Waals surface area contributed by atoms with Gasteiger partial charge in [-0.1, -0.05) is 0 Å². The number of rotatable bonds is 6. The average Bonchev–Trinajstić information content (AvgIpc) is 2.36. The Morgan fingerprint density at radius 1 is 1.47 bits per heavy atom. The van der Waals surface area contributed by atoms with Crippen molar-refractivity contribution in [2.75, 3.05) is 13.7 Å². The molecule has 1 rings (SSSR count). The normalized spacial score (nSPS) is 11.7. The third-order valence-corrected chi connectivity index (χ3v) is 2.68. The lowest BCUT2D eigenvalue weighted by Gasteiger charge is -2.21. The Morgan fingerprint density at radius 2 is 2.16 bits per heavy atom. The number of likely N-dealkylation sites (N-methyl/N-ethyl adjacent to an activating group) is 1. The molecule has 0 saturated heterocycles. The molecule has 1 amide bonds. The molecule has 0 aromatic carbocycles. The van der Waals surface area contributed by atoms with Crippen molar-refractivity contribution in [1.82, 2.24) is 14.9 Å². The maximum absolute atomic E-state index is 11.7. The molecule has 0 saturated carbocycles. The second-order valence-corrected chi connectivity index (χ2v) is 4.11. The number of carboxylic acid groups (broad SMARTS) is 1. The third-order valence-electron chi connectivity index (χ3n) is 2.68. The van der Waals surface area contributed by atoms with Crippen LogP contribution in [0.2, 0.25) is 0 Å². The van der Waals surface area contributed by atoms with Gasteiger partial charge in [0, 0.05) is 18.8 Å². The van der Waals surface area contributed by atoms with Crippen molar-refractivity contribution >= 4 is 11.9 Å². The van der Waals surface area contributed by atoms with Crippen LogP contribution in [0.15, 0.2) is 12.4 Å². The number of hydrogen-bond donors (Lipinski definition) is 1. The molecule has 1 aromatic heterocycles. The molecule has 0 radical (unpaired) electrons. The summed E-state index contributed by atoms with van der Waals surface area (Å²) in [7, 11) is 1.45. The van der Waals surface area contributed by atoms with Gasteiger partial charge in [0.05, 0.1) is 13.0 Å². The van der Waals surface area contributed by atoms with E-state index in [1.54, 1.807) is 6.07 Å². The van der Waals surface area contributed by atoms with E-state index in [-0.39, 0.29) is 18.9 Å². The van der Waals surface area contributed by atoms with E-state index in [1.807, 2.05) is 6.92 Å². The number of carboxylic acids is 1. The van der Waals surface area contributed by atoms with Gasteiger partial charge in [-0.3, -0.25) is 4.79 Å². The third kappa shape index (κ3) is 4.53. The highest BCUT2D eigenvalue weighted by Crippen LogP contribution is 2.07. The van der Waals surface area contributed by atoms with E-state index in [2.05, 4.69) is 9.97 Å². The van der Waals surface area contributed by atoms with Gasteiger partial charge in [0.25, 0.3) is 0 Å². The Kier molecular flexibility index (Phi) is 5.23. The van der Waals surface area contributed by atoms with Crippen molar-refractivity contribution in [3.05, 3.63) is 18.1 Å². The van der Waals surface area contributed by atoms with Crippen molar-refractivity contribution in [3.8, 4) is 5.88 Å². The number of hydrogen-bond acceptors (Lipinski definition) is 5. The van der Waals surface area contributed by atoms with Crippen molar-refractivity contribution in [3.63, 3.8) is 0 Å². The van der Waals surface area contributed by atoms with Crippen molar-refractivity contribution in [2.45, 2.75) is 26.3 Å². The zero-order chi connectivity index (χ0) is 14.4. The number of ether oxygens (including phenoxy) is 1. The summed E-state index contributed by atoms with van der Waals surface area (Å²) < 4.78 is 5.30. The summed E-state index contributed by atoms with van der Waals surface area (Å²) in [6.07, 6.45) is 1.47. The van der Waals surface area contributed by atoms with E-state index < -0.39 is 12.0 Å². The molecular weight excluding hydrogens is 250 g/mol. The van der Waals surface area contributed by atoms with Crippen LogP contribution in [0.1, 0.15) is 19.0 Å². The standard InChI is InChI=1S/C12H17N3O4/c1-8-6-10(14-7-13-8)19-5-4-11(16)15(3)9(2)12(17)18/h6-7,9H,4-5H2,1-3H3,(H,17,18). The van der Waals surface area contributed by atoms with Gasteiger partial charge in [-0.2, -0.15) is 0 Å². The fourth-order valence-electron chi connectivity index (χ4n) is 1.31. The van der Waals surface area contributed by atoms with Gasteiger partial charge < -0.3 is 14.7 Å². The summed E-state index contributed by atoms with van der Waals surface area (Å²) in [6.45, 7) is 3.41. The van der Waals surface area contributed by atoms with Crippen LogP contribution in [-0.2, 0) is 9.59 Å². The van der Waals surface area contributed by atoms with Crippen molar-refractivity contribution < 1.29 is 19.4 Å². The minimum atomic E-state index is -1.04. The van der Waals surface area contributed by atoms with E-state index in [4.69, 9.17) is 9.84 Å². The molecule has 7 heteroatoms. The molecule has 1 heterocycles. The van der Waals surface area contributed by atoms with Crippen molar-refractivity contribution in [2.24, 2.45) is 0 Å². The van der Waals surface area contributed by atoms with Gasteiger partial charge in [0.1, 0.15) is 12.4 Å². The van der Waals surface area contributed by atoms with Crippen LogP contribution in [0, 0.1) is 6.92 Å². The molecule has 1 aromatic rings. The van der Waals surface area contributed by atoms with Crippen molar-refractivity contribution in [1.29, 1.82) is 0 Å². The Bertz CT molecular complexity index is 464. The van der Waals surface area contributed by atoms with Gasteiger partial charge in [0.15, 0.2) is 0 Å². The Balaban J connectivity index is 2.41. The van der Waals surface area contributed by atoms with Gasteiger partial charge in [0.2, 0.25) is 11.8 Å². The summed E-state index contributed by atoms with van der Waals surface area (Å²) in [5, 5.41) is 8.79. The molecule has 0 spiro atoms. The van der Waals surface area contributed by atoms with Crippen LogP contribution in [0.3, 0.4) is 0 Å². The Morgan fingerprint density at radius 3 is 2.74 bits per heavy atom. The fraction of sp³-hybridized carbons (Fsp3) is 0.500. The number of aryl methyl sites for hydroxylation is 1. The van der Waals surface area contributed by atoms with Crippen LogP contribution in [0.5, 0.6) is 5.88 Å². The summed E-state index contributed by atoms with van der Waals surface area (Å²) in [6, 6.07) is 0.808. The van der Waals surface area contributed by atoms with E-state index in [1.165, 1.54) is 25.2 Å². The van der Waals surface area contributed by atoms with E-state index in [9.17, 15) is 9.59 Å². The first-order chi connectivity index (χ1) is 8.91. The second kappa shape index (κ2) is 6.67. The smallest absolute Gasteiger partial charge is 0.326 e. The highest BCUT2D eigenvalue weighted by atomic mass is 16.5. The van der Waals surface area contributed by atoms with E-state index in [0.717, 1.165) is 5.69 Å². The summed E-state index contributed by atoms with van der Waals surface area (Å²) in [5.41, 5.74) is 0.771. The lowest BCUT2D eigenvalue weighted by Crippen LogP contribution is -2.40. The quantitative estimate of drug-likeness (QED) is 0.806. The monoisotopic (exact) mass is 267 g/mol. The first-order valence-electron chi connectivity index (χ1n) is 5.81. The lowest BCUT2D eigenvalue weighted by molar-refractivity contribution is -0.148. The molecule has 0 aliphatic rings. The second-order valence-electron chi connectivity index (χ2n) is 4.11. The number of carbonyl (C=O) groups excluding carboxylic acids is 1. The lowest BCUT2D eigenvalue weighted by atomic mass is 10.3. The van der Waals surface area contributed by atoms with Gasteiger partial charge in [-0.15, -0.1) is 0 Å². The summed E-state index contributed by atoms with van der Waals surface area (Å²) in [4.78, 5) is 31.4. The Labute approximate surface area is 111 Å². The topological polar surface area (TPSA) is 92.6 Å². The molecule has 0 bridgehead atoms. The summed E-state index contributed by atoms with van der Waals surface area (Å²) in [5.74, 6) is -0.932. The Hall–Kier alpha value is -2.18. The molecule has 0 fully saturated rings. The zero-order valence-electron chi connectivity index (χ0n) is 11.2. The highest BCUT2D eigenvalue weighted by Gasteiger charge is 2.21. The van der Waals surface area contributed by atoms with Gasteiger partial charge in [-0.25, -0.2) is 14.8 Å². The SMILES string of the molecule is Cc1cc(OCCC(=O)N(C)C(C)C(=O)O)ncn1. The minimum Gasteiger partial charge on any atom is -0.480 e. The molecule has 0 aliphatic carbocycles. The van der Waals surface area contributed by atoms with Crippen LogP contribution in [0.25, 0.3) is 0 Å². The van der Waals surface area contributed by atoms with E-state index in [0.29, 0.717) is 5.88 Å². The first kappa shape index (κ1) is 14.9. The molecule has 1 unspecified atom stereocenters. The largest absolute Gasteiger partial charge is 0.480 e. The molecule has 1 N–H and O–H groups in total. The fourth-order valence-corrected chi connectivity index (χ4v) is 1.31. The van der Waals surface area contributed by atoms with Crippen LogP contribution in [-0.4, -0.2) is 51.5 Å². The molecule has 104 valence electrons. The van der Waals surface area contributed by atoms with Crippen LogP contribution >= 0.6 is 0 Å². The number of nitrogens with zero attached hydrogens (tertiary/aromatic N) is 3. The van der Waals surface area contributed by atoms with Gasteiger partial charge in [-0.05, 0) is 13.8 Å². The molecular formula is C12H17N3O4. The summed E-state index contributed by atoms with van der Waals surface area (Å²) >= 11 is 0. The predicted octanol–water partition coefficient (Wildman–Crippen LogP) is 0.485.